The van der Waals surface area contributed by atoms with Crippen LogP contribution in [0.1, 0.15) is 5.56 Å². The average Bonchev–Trinajstić information content (AvgIpc) is 3.33. The van der Waals surface area contributed by atoms with Gasteiger partial charge in [-0.15, -0.1) is 11.3 Å². The maximum absolute atomic E-state index is 5.07. The minimum Gasteiger partial charge on any atom is -0.319 e. The molecule has 29 heavy (non-hydrogen) atoms. The predicted octanol–water partition coefficient (Wildman–Crippen LogP) is 7.12. The molecule has 0 radical (unpaired) electrons. The molecule has 2 heterocycles. The number of hydrogen-bond donors (Lipinski definition) is 0. The van der Waals surface area contributed by atoms with Crippen molar-refractivity contribution >= 4 is 42.5 Å². The largest absolute Gasteiger partial charge is 0.319 e. The number of hydrogen-bond acceptors (Lipinski definition) is 2. The van der Waals surface area contributed by atoms with Crippen LogP contribution < -0.4 is 0 Å². The Bertz CT molecular complexity index is 1470. The molecule has 0 N–H and O–H groups in total. The molecule has 4 aromatic carbocycles. The van der Waals surface area contributed by atoms with Crippen LogP contribution in [0.15, 0.2) is 97.1 Å². The van der Waals surface area contributed by atoms with Crippen LogP contribution in [0.2, 0.25) is 0 Å². The summed E-state index contributed by atoms with van der Waals surface area (Å²) in [4.78, 5) is 5.07. The van der Waals surface area contributed by atoms with Gasteiger partial charge in [0.2, 0.25) is 0 Å². The Kier molecular flexibility index (Phi) is 3.74. The summed E-state index contributed by atoms with van der Waals surface area (Å²) in [6.07, 6.45) is 0. The topological polar surface area (TPSA) is 17.8 Å². The third-order valence-corrected chi connectivity index (χ3v) is 6.70. The molecule has 0 amide bonds. The Balaban J connectivity index is 1.65. The van der Waals surface area contributed by atoms with Crippen molar-refractivity contribution in [3.63, 3.8) is 0 Å². The molecule has 0 bridgehead atoms. The second-order valence-electron chi connectivity index (χ2n) is 7.28. The lowest BCUT2D eigenvalue weighted by Crippen LogP contribution is -2.02. The molecule has 2 nitrogen and oxygen atoms in total. The molecule has 6 rings (SSSR count). The number of benzene rings is 4. The zero-order valence-corrected chi connectivity index (χ0v) is 16.6. The molecule has 0 aliphatic carbocycles. The highest BCUT2D eigenvalue weighted by Gasteiger charge is 2.17. The van der Waals surface area contributed by atoms with Crippen LogP contribution in [0.3, 0.4) is 0 Å². The van der Waals surface area contributed by atoms with Gasteiger partial charge in [0.05, 0.1) is 11.0 Å². The van der Waals surface area contributed by atoms with Crippen LogP contribution in [0.25, 0.3) is 42.6 Å². The summed E-state index contributed by atoms with van der Waals surface area (Å²) < 4.78 is 4.98. The molecule has 0 saturated heterocycles. The molecule has 0 saturated carbocycles. The summed E-state index contributed by atoms with van der Waals surface area (Å²) in [5.74, 6) is 1.03. The van der Waals surface area contributed by atoms with E-state index in [0.717, 1.165) is 17.9 Å². The van der Waals surface area contributed by atoms with E-state index in [1.54, 1.807) is 0 Å². The maximum Gasteiger partial charge on any atom is 0.142 e. The van der Waals surface area contributed by atoms with Crippen molar-refractivity contribution in [1.82, 2.24) is 9.55 Å². The van der Waals surface area contributed by atoms with Gasteiger partial charge in [0.15, 0.2) is 0 Å². The van der Waals surface area contributed by atoms with Gasteiger partial charge in [-0.1, -0.05) is 72.8 Å². The minimum atomic E-state index is 0.804. The fourth-order valence-corrected chi connectivity index (χ4v) is 5.34. The molecule has 138 valence electrons. The molecule has 0 aliphatic rings. The molecular formula is C26H18N2S. The maximum atomic E-state index is 5.07. The van der Waals surface area contributed by atoms with Crippen LogP contribution in [-0.2, 0) is 6.54 Å². The molecule has 6 aromatic rings. The van der Waals surface area contributed by atoms with Crippen molar-refractivity contribution in [2.24, 2.45) is 0 Å². The molecule has 3 heteroatoms. The van der Waals surface area contributed by atoms with Gasteiger partial charge in [-0.3, -0.25) is 0 Å². The van der Waals surface area contributed by atoms with E-state index < -0.39 is 0 Å². The van der Waals surface area contributed by atoms with Crippen molar-refractivity contribution in [3.05, 3.63) is 103 Å². The highest BCUT2D eigenvalue weighted by atomic mass is 32.1. The van der Waals surface area contributed by atoms with Gasteiger partial charge in [0.1, 0.15) is 5.82 Å². The van der Waals surface area contributed by atoms with E-state index >= 15 is 0 Å². The van der Waals surface area contributed by atoms with E-state index in [-0.39, 0.29) is 0 Å². The van der Waals surface area contributed by atoms with Gasteiger partial charge in [-0.2, -0.15) is 0 Å². The van der Waals surface area contributed by atoms with Crippen molar-refractivity contribution in [2.75, 3.05) is 0 Å². The number of imidazole rings is 1. The van der Waals surface area contributed by atoms with Gasteiger partial charge < -0.3 is 4.57 Å². The van der Waals surface area contributed by atoms with Crippen LogP contribution in [0.4, 0.5) is 0 Å². The second-order valence-corrected chi connectivity index (χ2v) is 8.33. The van der Waals surface area contributed by atoms with E-state index in [9.17, 15) is 0 Å². The molecule has 2 aromatic heterocycles. The molecule has 0 spiro atoms. The first kappa shape index (κ1) is 16.5. The van der Waals surface area contributed by atoms with E-state index in [4.69, 9.17) is 4.98 Å². The second kappa shape index (κ2) is 6.57. The SMILES string of the molecule is c1ccc(Cn2c(-c3cccc4c3sc3ccccc34)nc3ccccc32)cc1. The van der Waals surface area contributed by atoms with Crippen molar-refractivity contribution in [1.29, 1.82) is 0 Å². The van der Waals surface area contributed by atoms with Crippen molar-refractivity contribution in [2.45, 2.75) is 6.54 Å². The van der Waals surface area contributed by atoms with Gasteiger partial charge in [0, 0.05) is 32.3 Å². The van der Waals surface area contributed by atoms with Crippen LogP contribution in [0.5, 0.6) is 0 Å². The third-order valence-electron chi connectivity index (χ3n) is 5.48. The van der Waals surface area contributed by atoms with Crippen LogP contribution >= 0.6 is 11.3 Å². The summed E-state index contributed by atoms with van der Waals surface area (Å²) in [6, 6.07) is 34.3. The Labute approximate surface area is 172 Å². The fourth-order valence-electron chi connectivity index (χ4n) is 4.13. The van der Waals surface area contributed by atoms with Gasteiger partial charge >= 0.3 is 0 Å². The van der Waals surface area contributed by atoms with E-state index in [2.05, 4.69) is 102 Å². The first-order chi connectivity index (χ1) is 14.4. The number of nitrogens with zero attached hydrogens (tertiary/aromatic N) is 2. The average molecular weight is 391 g/mol. The Morgan fingerprint density at radius 3 is 2.38 bits per heavy atom. The van der Waals surface area contributed by atoms with E-state index in [0.29, 0.717) is 0 Å². The van der Waals surface area contributed by atoms with Gasteiger partial charge in [-0.05, 0) is 29.8 Å². The summed E-state index contributed by atoms with van der Waals surface area (Å²) >= 11 is 1.85. The quantitative estimate of drug-likeness (QED) is 0.314. The molecular weight excluding hydrogens is 372 g/mol. The standard InChI is InChI=1S/C26H18N2S/c1-2-9-18(10-3-1)17-28-23-15-6-5-14-22(23)27-26(28)21-13-8-12-20-19-11-4-7-16-24(19)29-25(20)21/h1-16H,17H2. The Hall–Kier alpha value is -3.43. The lowest BCUT2D eigenvalue weighted by atomic mass is 10.1. The van der Waals surface area contributed by atoms with Gasteiger partial charge in [-0.25, -0.2) is 4.98 Å². The van der Waals surface area contributed by atoms with Crippen LogP contribution in [-0.4, -0.2) is 9.55 Å². The van der Waals surface area contributed by atoms with Crippen molar-refractivity contribution < 1.29 is 0 Å². The lowest BCUT2D eigenvalue weighted by molar-refractivity contribution is 0.835. The molecule has 0 fully saturated rings. The van der Waals surface area contributed by atoms with E-state index in [1.807, 2.05) is 11.3 Å². The highest BCUT2D eigenvalue weighted by molar-refractivity contribution is 7.26. The summed E-state index contributed by atoms with van der Waals surface area (Å²) in [7, 11) is 0. The number of fused-ring (bicyclic) bond motifs is 4. The number of para-hydroxylation sites is 2. The zero-order chi connectivity index (χ0) is 19.2. The number of thiophene rings is 1. The Morgan fingerprint density at radius 2 is 1.45 bits per heavy atom. The van der Waals surface area contributed by atoms with Crippen LogP contribution in [0, 0.1) is 0 Å². The normalized spacial score (nSPS) is 11.6. The first-order valence-corrected chi connectivity index (χ1v) is 10.6. The zero-order valence-electron chi connectivity index (χ0n) is 15.7. The summed E-state index contributed by atoms with van der Waals surface area (Å²) in [5, 5.41) is 2.63. The van der Waals surface area contributed by atoms with Crippen molar-refractivity contribution in [3.8, 4) is 11.4 Å². The molecule has 0 aliphatic heterocycles. The number of aromatic nitrogens is 2. The lowest BCUT2D eigenvalue weighted by Gasteiger charge is -2.10. The monoisotopic (exact) mass is 390 g/mol. The summed E-state index contributed by atoms with van der Waals surface area (Å²) in [5.41, 5.74) is 4.69. The molecule has 0 unspecified atom stereocenters. The first-order valence-electron chi connectivity index (χ1n) is 9.78. The fraction of sp³-hybridized carbons (Fsp3) is 0.0385. The minimum absolute atomic E-state index is 0.804. The molecule has 0 atom stereocenters. The summed E-state index contributed by atoms with van der Waals surface area (Å²) in [6.45, 7) is 0.804. The highest BCUT2D eigenvalue weighted by Crippen LogP contribution is 2.40. The predicted molar refractivity (Wildman–Crippen MR) is 124 cm³/mol. The Morgan fingerprint density at radius 1 is 0.690 bits per heavy atom. The third kappa shape index (κ3) is 2.66. The number of rotatable bonds is 3. The van der Waals surface area contributed by atoms with Gasteiger partial charge in [0.25, 0.3) is 0 Å². The van der Waals surface area contributed by atoms with E-state index in [1.165, 1.54) is 36.8 Å². The smallest absolute Gasteiger partial charge is 0.142 e.